The minimum absolute atomic E-state index is 0.0356. The van der Waals surface area contributed by atoms with E-state index in [9.17, 15) is 9.90 Å². The fourth-order valence-corrected chi connectivity index (χ4v) is 1.55. The standard InChI is InChI=1S/C8H15NO3/c1-6(11)8(5-10)9-3-2-7(12)4-9/h7-8,10,12H,2-5H2,1H3. The van der Waals surface area contributed by atoms with Crippen LogP contribution in [0, 0.1) is 0 Å². The number of carbonyl (C=O) groups excluding carboxylic acids is 1. The van der Waals surface area contributed by atoms with Crippen LogP contribution in [0.5, 0.6) is 0 Å². The number of aliphatic hydroxyl groups excluding tert-OH is 2. The lowest BCUT2D eigenvalue weighted by molar-refractivity contribution is -0.123. The lowest BCUT2D eigenvalue weighted by Gasteiger charge is -2.22. The van der Waals surface area contributed by atoms with Crippen LogP contribution in [-0.4, -0.2) is 52.7 Å². The first-order valence-electron chi connectivity index (χ1n) is 4.18. The van der Waals surface area contributed by atoms with E-state index in [4.69, 9.17) is 5.11 Å². The maximum absolute atomic E-state index is 11.0. The predicted molar refractivity (Wildman–Crippen MR) is 43.8 cm³/mol. The van der Waals surface area contributed by atoms with Crippen LogP contribution in [0.15, 0.2) is 0 Å². The summed E-state index contributed by atoms with van der Waals surface area (Å²) in [4.78, 5) is 12.8. The number of likely N-dealkylation sites (tertiary alicyclic amines) is 1. The molecule has 2 unspecified atom stereocenters. The Morgan fingerprint density at radius 3 is 2.75 bits per heavy atom. The van der Waals surface area contributed by atoms with Crippen LogP contribution in [0.25, 0.3) is 0 Å². The number of nitrogens with zero attached hydrogens (tertiary/aromatic N) is 1. The first-order valence-corrected chi connectivity index (χ1v) is 4.18. The number of rotatable bonds is 3. The second-order valence-electron chi connectivity index (χ2n) is 3.25. The van der Waals surface area contributed by atoms with Crippen LogP contribution in [0.1, 0.15) is 13.3 Å². The number of aliphatic hydroxyl groups is 2. The molecule has 1 aliphatic heterocycles. The lowest BCUT2D eigenvalue weighted by atomic mass is 10.2. The Morgan fingerprint density at radius 2 is 2.42 bits per heavy atom. The molecule has 70 valence electrons. The van der Waals surface area contributed by atoms with E-state index in [1.807, 2.05) is 4.90 Å². The van der Waals surface area contributed by atoms with Crippen LogP contribution in [0.4, 0.5) is 0 Å². The first-order chi connectivity index (χ1) is 5.65. The van der Waals surface area contributed by atoms with E-state index < -0.39 is 6.04 Å². The fraction of sp³-hybridized carbons (Fsp3) is 0.875. The molecule has 0 aromatic carbocycles. The molecule has 0 radical (unpaired) electrons. The normalized spacial score (nSPS) is 27.4. The summed E-state index contributed by atoms with van der Waals surface area (Å²) in [6, 6.07) is -0.415. The van der Waals surface area contributed by atoms with Gasteiger partial charge >= 0.3 is 0 Å². The predicted octanol–water partition coefficient (Wildman–Crippen LogP) is -0.997. The lowest BCUT2D eigenvalue weighted by Crippen LogP contribution is -2.41. The quantitative estimate of drug-likeness (QED) is 0.575. The molecule has 1 fully saturated rings. The molecule has 2 N–H and O–H groups in total. The van der Waals surface area contributed by atoms with Crippen molar-refractivity contribution in [2.75, 3.05) is 19.7 Å². The summed E-state index contributed by atoms with van der Waals surface area (Å²) in [7, 11) is 0. The molecule has 2 atom stereocenters. The third-order valence-electron chi connectivity index (χ3n) is 2.28. The van der Waals surface area contributed by atoms with E-state index in [1.165, 1.54) is 6.92 Å². The third-order valence-corrected chi connectivity index (χ3v) is 2.28. The van der Waals surface area contributed by atoms with E-state index in [0.717, 1.165) is 0 Å². The van der Waals surface area contributed by atoms with Gasteiger partial charge in [-0.1, -0.05) is 0 Å². The summed E-state index contributed by atoms with van der Waals surface area (Å²) in [6.45, 7) is 2.52. The Hall–Kier alpha value is -0.450. The molecule has 0 aromatic rings. The summed E-state index contributed by atoms with van der Waals surface area (Å²) < 4.78 is 0. The Balaban J connectivity index is 2.49. The van der Waals surface area contributed by atoms with Gasteiger partial charge in [-0.3, -0.25) is 9.69 Å². The van der Waals surface area contributed by atoms with Gasteiger partial charge in [-0.25, -0.2) is 0 Å². The highest BCUT2D eigenvalue weighted by molar-refractivity contribution is 5.81. The summed E-state index contributed by atoms with van der Waals surface area (Å²) in [5.41, 5.74) is 0. The van der Waals surface area contributed by atoms with Gasteiger partial charge < -0.3 is 10.2 Å². The number of hydrogen-bond acceptors (Lipinski definition) is 4. The zero-order valence-electron chi connectivity index (χ0n) is 7.23. The van der Waals surface area contributed by atoms with E-state index in [0.29, 0.717) is 19.5 Å². The Morgan fingerprint density at radius 1 is 1.75 bits per heavy atom. The van der Waals surface area contributed by atoms with Crippen LogP contribution < -0.4 is 0 Å². The number of Topliss-reactive ketones (excluding diaryl/α,β-unsaturated/α-hetero) is 1. The van der Waals surface area contributed by atoms with Crippen molar-refractivity contribution in [3.63, 3.8) is 0 Å². The molecule has 1 saturated heterocycles. The summed E-state index contributed by atoms with van der Waals surface area (Å²) in [5.74, 6) is -0.0356. The van der Waals surface area contributed by atoms with E-state index in [2.05, 4.69) is 0 Å². The van der Waals surface area contributed by atoms with Crippen molar-refractivity contribution in [2.24, 2.45) is 0 Å². The fourth-order valence-electron chi connectivity index (χ4n) is 1.55. The number of hydrogen-bond donors (Lipinski definition) is 2. The van der Waals surface area contributed by atoms with Crippen molar-refractivity contribution in [2.45, 2.75) is 25.5 Å². The molecule has 1 rings (SSSR count). The maximum atomic E-state index is 11.0. The van der Waals surface area contributed by atoms with Crippen molar-refractivity contribution in [3.8, 4) is 0 Å². The molecule has 0 amide bonds. The van der Waals surface area contributed by atoms with Gasteiger partial charge in [0.15, 0.2) is 0 Å². The van der Waals surface area contributed by atoms with Crippen molar-refractivity contribution >= 4 is 5.78 Å². The van der Waals surface area contributed by atoms with Crippen LogP contribution in [0.3, 0.4) is 0 Å². The van der Waals surface area contributed by atoms with Crippen molar-refractivity contribution < 1.29 is 15.0 Å². The van der Waals surface area contributed by atoms with Crippen molar-refractivity contribution in [1.29, 1.82) is 0 Å². The molecule has 4 nitrogen and oxygen atoms in total. The maximum Gasteiger partial charge on any atom is 0.149 e. The second-order valence-corrected chi connectivity index (χ2v) is 3.25. The number of carbonyl (C=O) groups is 1. The van der Waals surface area contributed by atoms with Gasteiger partial charge in [-0.15, -0.1) is 0 Å². The molecule has 0 aromatic heterocycles. The van der Waals surface area contributed by atoms with E-state index >= 15 is 0 Å². The molecule has 1 aliphatic rings. The van der Waals surface area contributed by atoms with Gasteiger partial charge in [0, 0.05) is 13.1 Å². The highest BCUT2D eigenvalue weighted by Gasteiger charge is 2.28. The smallest absolute Gasteiger partial charge is 0.149 e. The van der Waals surface area contributed by atoms with Gasteiger partial charge in [-0.05, 0) is 13.3 Å². The molecule has 0 bridgehead atoms. The molecule has 0 aliphatic carbocycles. The average Bonchev–Trinajstić information content (AvgIpc) is 2.37. The Kier molecular flexibility index (Phi) is 3.20. The van der Waals surface area contributed by atoms with Crippen molar-refractivity contribution in [3.05, 3.63) is 0 Å². The second kappa shape index (κ2) is 3.98. The number of β-amino-alcohol motifs (C(OH)–C–C–N with tert-alkyl or cyclic N) is 1. The van der Waals surface area contributed by atoms with Crippen LogP contribution in [0.2, 0.25) is 0 Å². The topological polar surface area (TPSA) is 60.8 Å². The van der Waals surface area contributed by atoms with Gasteiger partial charge in [0.1, 0.15) is 5.78 Å². The molecule has 1 heterocycles. The summed E-state index contributed by atoms with van der Waals surface area (Å²) >= 11 is 0. The zero-order valence-corrected chi connectivity index (χ0v) is 7.23. The van der Waals surface area contributed by atoms with Crippen LogP contribution >= 0.6 is 0 Å². The molecule has 12 heavy (non-hydrogen) atoms. The highest BCUT2D eigenvalue weighted by Crippen LogP contribution is 2.12. The minimum Gasteiger partial charge on any atom is -0.394 e. The van der Waals surface area contributed by atoms with Gasteiger partial charge in [0.2, 0.25) is 0 Å². The molecule has 0 saturated carbocycles. The average molecular weight is 173 g/mol. The summed E-state index contributed by atoms with van der Waals surface area (Å²) in [6.07, 6.45) is 0.363. The third kappa shape index (κ3) is 2.03. The largest absolute Gasteiger partial charge is 0.394 e. The van der Waals surface area contributed by atoms with Crippen molar-refractivity contribution in [1.82, 2.24) is 4.90 Å². The Bertz CT molecular complexity index is 172. The summed E-state index contributed by atoms with van der Waals surface area (Å²) in [5, 5.41) is 18.1. The highest BCUT2D eigenvalue weighted by atomic mass is 16.3. The molecular formula is C8H15NO3. The minimum atomic E-state index is -0.415. The monoisotopic (exact) mass is 173 g/mol. The molecular weight excluding hydrogens is 158 g/mol. The Labute approximate surface area is 71.8 Å². The zero-order chi connectivity index (χ0) is 9.14. The van der Waals surface area contributed by atoms with Gasteiger partial charge in [-0.2, -0.15) is 0 Å². The molecule has 0 spiro atoms. The van der Waals surface area contributed by atoms with Gasteiger partial charge in [0.05, 0.1) is 18.8 Å². The SMILES string of the molecule is CC(=O)C(CO)N1CCC(O)C1. The number of ketones is 1. The van der Waals surface area contributed by atoms with E-state index in [-0.39, 0.29) is 18.5 Å². The van der Waals surface area contributed by atoms with Crippen LogP contribution in [-0.2, 0) is 4.79 Å². The first kappa shape index (κ1) is 9.64. The molecule has 4 heteroatoms. The van der Waals surface area contributed by atoms with E-state index in [1.54, 1.807) is 0 Å². The van der Waals surface area contributed by atoms with Gasteiger partial charge in [0.25, 0.3) is 0 Å².